The minimum atomic E-state index is -0.821. The van der Waals surface area contributed by atoms with Gasteiger partial charge in [-0.05, 0) is 31.6 Å². The molecular weight excluding hydrogens is 300 g/mol. The highest BCUT2D eigenvalue weighted by atomic mass is 32.1. The highest BCUT2D eigenvalue weighted by Gasteiger charge is 2.22. The van der Waals surface area contributed by atoms with Gasteiger partial charge in [-0.15, -0.1) is 11.3 Å². The Kier molecular flexibility index (Phi) is 6.36. The number of aryl methyl sites for hydroxylation is 1. The molecule has 0 fully saturated rings. The predicted octanol–water partition coefficient (Wildman–Crippen LogP) is 3.33. The topological polar surface area (TPSA) is 68.3 Å². The van der Waals surface area contributed by atoms with E-state index in [1.54, 1.807) is 0 Å². The summed E-state index contributed by atoms with van der Waals surface area (Å²) in [6.45, 7) is 4.64. The second kappa shape index (κ2) is 8.27. The zero-order chi connectivity index (χ0) is 15.9. The van der Waals surface area contributed by atoms with Crippen LogP contribution in [0.1, 0.15) is 56.5 Å². The van der Waals surface area contributed by atoms with Gasteiger partial charge < -0.3 is 4.74 Å². The van der Waals surface area contributed by atoms with Crippen molar-refractivity contribution < 1.29 is 14.3 Å². The number of esters is 1. The highest BCUT2D eigenvalue weighted by molar-refractivity contribution is 7.16. The molecule has 1 aromatic heterocycles. The van der Waals surface area contributed by atoms with Crippen LogP contribution >= 0.6 is 11.3 Å². The standard InChI is InChI=1S/C16H24N2O3S/c1-3-4-5-6-9-21-15(20)14(19)18-16-17-12-8-7-11(2)10-13(12)22-16/h11H,3-10H2,1-2H3,(H,17,18,19). The fraction of sp³-hybridized carbons (Fsp3) is 0.688. The normalized spacial score (nSPS) is 16.9. The summed E-state index contributed by atoms with van der Waals surface area (Å²) in [7, 11) is 0. The first-order chi connectivity index (χ1) is 10.6. The van der Waals surface area contributed by atoms with Gasteiger partial charge in [0.25, 0.3) is 0 Å². The van der Waals surface area contributed by atoms with E-state index in [0.717, 1.165) is 50.6 Å². The van der Waals surface area contributed by atoms with E-state index in [9.17, 15) is 9.59 Å². The molecule has 6 heteroatoms. The molecular formula is C16H24N2O3S. The second-order valence-corrected chi connectivity index (χ2v) is 6.97. The second-order valence-electron chi connectivity index (χ2n) is 5.89. The fourth-order valence-electron chi connectivity index (χ4n) is 2.50. The number of hydrogen-bond donors (Lipinski definition) is 1. The van der Waals surface area contributed by atoms with Gasteiger partial charge in [0.05, 0.1) is 12.3 Å². The number of fused-ring (bicyclic) bond motifs is 1. The van der Waals surface area contributed by atoms with Gasteiger partial charge in [-0.25, -0.2) is 9.78 Å². The van der Waals surface area contributed by atoms with Gasteiger partial charge >= 0.3 is 11.9 Å². The number of aromatic nitrogens is 1. The number of carbonyl (C=O) groups is 2. The molecule has 1 aromatic rings. The summed E-state index contributed by atoms with van der Waals surface area (Å²) >= 11 is 1.47. The van der Waals surface area contributed by atoms with Gasteiger partial charge in [0.2, 0.25) is 0 Å². The lowest BCUT2D eigenvalue weighted by Gasteiger charge is -2.15. The largest absolute Gasteiger partial charge is 0.459 e. The molecule has 2 rings (SSSR count). The van der Waals surface area contributed by atoms with Crippen molar-refractivity contribution in [3.8, 4) is 0 Å². The molecule has 122 valence electrons. The van der Waals surface area contributed by atoms with Gasteiger partial charge in [0, 0.05) is 4.88 Å². The van der Waals surface area contributed by atoms with Gasteiger partial charge in [-0.2, -0.15) is 0 Å². The summed E-state index contributed by atoms with van der Waals surface area (Å²) in [6.07, 6.45) is 7.15. The van der Waals surface area contributed by atoms with Crippen LogP contribution in [0.25, 0.3) is 0 Å². The van der Waals surface area contributed by atoms with Crippen molar-refractivity contribution in [1.82, 2.24) is 4.98 Å². The van der Waals surface area contributed by atoms with E-state index in [1.807, 2.05) is 0 Å². The molecule has 22 heavy (non-hydrogen) atoms. The Morgan fingerprint density at radius 1 is 1.36 bits per heavy atom. The molecule has 5 nitrogen and oxygen atoms in total. The van der Waals surface area contributed by atoms with Crippen molar-refractivity contribution in [2.75, 3.05) is 11.9 Å². The van der Waals surface area contributed by atoms with Gasteiger partial charge in [-0.3, -0.25) is 10.1 Å². The molecule has 0 saturated carbocycles. The van der Waals surface area contributed by atoms with Crippen LogP contribution in [0.5, 0.6) is 0 Å². The number of nitrogens with zero attached hydrogens (tertiary/aromatic N) is 1. The molecule has 1 aliphatic rings. The monoisotopic (exact) mass is 324 g/mol. The molecule has 1 heterocycles. The molecule has 1 aliphatic carbocycles. The molecule has 1 atom stereocenters. The van der Waals surface area contributed by atoms with E-state index in [4.69, 9.17) is 4.74 Å². The Bertz CT molecular complexity index is 527. The van der Waals surface area contributed by atoms with Crippen LogP contribution < -0.4 is 5.32 Å². The number of unbranched alkanes of at least 4 members (excludes halogenated alkanes) is 3. The van der Waals surface area contributed by atoms with E-state index < -0.39 is 11.9 Å². The van der Waals surface area contributed by atoms with Crippen molar-refractivity contribution in [3.63, 3.8) is 0 Å². The minimum Gasteiger partial charge on any atom is -0.459 e. The molecule has 1 amide bonds. The third-order valence-corrected chi connectivity index (χ3v) is 4.86. The average Bonchev–Trinajstić information content (AvgIpc) is 2.88. The minimum absolute atomic E-state index is 0.304. The molecule has 1 N–H and O–H groups in total. The number of rotatable bonds is 6. The Labute approximate surface area is 135 Å². The predicted molar refractivity (Wildman–Crippen MR) is 87.0 cm³/mol. The van der Waals surface area contributed by atoms with Crippen molar-refractivity contribution in [2.45, 2.75) is 58.8 Å². The number of ether oxygens (including phenoxy) is 1. The van der Waals surface area contributed by atoms with Crippen LogP contribution in [0.3, 0.4) is 0 Å². The van der Waals surface area contributed by atoms with Crippen LogP contribution in [-0.4, -0.2) is 23.5 Å². The van der Waals surface area contributed by atoms with E-state index in [2.05, 4.69) is 24.1 Å². The third-order valence-electron chi connectivity index (χ3n) is 3.82. The zero-order valence-electron chi connectivity index (χ0n) is 13.3. The molecule has 0 aliphatic heterocycles. The number of anilines is 1. The number of nitrogens with one attached hydrogen (secondary N) is 1. The van der Waals surface area contributed by atoms with Crippen LogP contribution in [-0.2, 0) is 27.2 Å². The van der Waals surface area contributed by atoms with E-state index in [0.29, 0.717) is 17.7 Å². The first-order valence-electron chi connectivity index (χ1n) is 8.06. The Morgan fingerprint density at radius 2 is 2.18 bits per heavy atom. The summed E-state index contributed by atoms with van der Waals surface area (Å²) in [4.78, 5) is 29.0. The van der Waals surface area contributed by atoms with Gasteiger partial charge in [0.15, 0.2) is 5.13 Å². The summed E-state index contributed by atoms with van der Waals surface area (Å²) in [5.41, 5.74) is 1.06. The molecule has 0 saturated heterocycles. The average molecular weight is 324 g/mol. The molecule has 0 radical (unpaired) electrons. The van der Waals surface area contributed by atoms with Crippen molar-refractivity contribution >= 4 is 28.3 Å². The summed E-state index contributed by atoms with van der Waals surface area (Å²) in [6, 6.07) is 0. The maximum atomic E-state index is 11.8. The summed E-state index contributed by atoms with van der Waals surface area (Å²) in [5, 5.41) is 3.07. The van der Waals surface area contributed by atoms with E-state index in [-0.39, 0.29) is 0 Å². The number of thiazole rings is 1. The number of carbonyl (C=O) groups excluding carboxylic acids is 2. The molecule has 0 bridgehead atoms. The van der Waals surface area contributed by atoms with Gasteiger partial charge in [-0.1, -0.05) is 33.1 Å². The number of hydrogen-bond acceptors (Lipinski definition) is 5. The first-order valence-corrected chi connectivity index (χ1v) is 8.88. The lowest BCUT2D eigenvalue weighted by atomic mass is 9.93. The van der Waals surface area contributed by atoms with Crippen LogP contribution in [0.15, 0.2) is 0 Å². The smallest absolute Gasteiger partial charge is 0.397 e. The van der Waals surface area contributed by atoms with E-state index >= 15 is 0 Å². The molecule has 1 unspecified atom stereocenters. The van der Waals surface area contributed by atoms with Crippen LogP contribution in [0.2, 0.25) is 0 Å². The Hall–Kier alpha value is -1.43. The van der Waals surface area contributed by atoms with Crippen molar-refractivity contribution in [2.24, 2.45) is 5.92 Å². The molecule has 0 aromatic carbocycles. The zero-order valence-corrected chi connectivity index (χ0v) is 14.1. The lowest BCUT2D eigenvalue weighted by Crippen LogP contribution is -2.25. The number of amides is 1. The third kappa shape index (κ3) is 4.80. The van der Waals surface area contributed by atoms with E-state index in [1.165, 1.54) is 16.2 Å². The highest BCUT2D eigenvalue weighted by Crippen LogP contribution is 2.32. The van der Waals surface area contributed by atoms with Crippen molar-refractivity contribution in [1.29, 1.82) is 0 Å². The summed E-state index contributed by atoms with van der Waals surface area (Å²) in [5.74, 6) is -0.891. The van der Waals surface area contributed by atoms with Crippen molar-refractivity contribution in [3.05, 3.63) is 10.6 Å². The molecule has 0 spiro atoms. The maximum Gasteiger partial charge on any atom is 0.397 e. The Morgan fingerprint density at radius 3 is 2.95 bits per heavy atom. The SMILES string of the molecule is CCCCCCOC(=O)C(=O)Nc1nc2c(s1)CC(C)CC2. The summed E-state index contributed by atoms with van der Waals surface area (Å²) < 4.78 is 4.97. The first kappa shape index (κ1) is 16.9. The fourth-order valence-corrected chi connectivity index (χ4v) is 3.67. The van der Waals surface area contributed by atoms with Crippen LogP contribution in [0, 0.1) is 5.92 Å². The maximum absolute atomic E-state index is 11.8. The van der Waals surface area contributed by atoms with Gasteiger partial charge in [0.1, 0.15) is 0 Å². The Balaban J connectivity index is 1.78. The van der Waals surface area contributed by atoms with Crippen LogP contribution in [0.4, 0.5) is 5.13 Å². The quantitative estimate of drug-likeness (QED) is 0.495. The lowest BCUT2D eigenvalue weighted by molar-refractivity contribution is -0.152.